The van der Waals surface area contributed by atoms with Gasteiger partial charge in [0.05, 0.1) is 23.7 Å². The van der Waals surface area contributed by atoms with Crippen molar-refractivity contribution in [3.8, 4) is 0 Å². The molecule has 2 amide bonds. The number of aryl methyl sites for hydroxylation is 1. The van der Waals surface area contributed by atoms with E-state index in [1.54, 1.807) is 0 Å². The third kappa shape index (κ3) is 5.88. The van der Waals surface area contributed by atoms with E-state index in [4.69, 9.17) is 4.74 Å². The minimum absolute atomic E-state index is 0.0670. The van der Waals surface area contributed by atoms with Crippen LogP contribution in [0, 0.1) is 6.92 Å². The number of carbonyl (C=O) groups is 2. The van der Waals surface area contributed by atoms with Crippen molar-refractivity contribution in [2.75, 3.05) is 29.9 Å². The van der Waals surface area contributed by atoms with Gasteiger partial charge in [0.15, 0.2) is 0 Å². The Hall–Kier alpha value is -1.53. The molecule has 0 saturated carbocycles. The Morgan fingerprint density at radius 2 is 1.96 bits per heavy atom. The number of benzene rings is 1. The van der Waals surface area contributed by atoms with Gasteiger partial charge in [-0.3, -0.25) is 9.59 Å². The van der Waals surface area contributed by atoms with Crippen molar-refractivity contribution in [3.05, 3.63) is 29.8 Å². The third-order valence-electron chi connectivity index (χ3n) is 3.53. The zero-order valence-corrected chi connectivity index (χ0v) is 14.7. The van der Waals surface area contributed by atoms with E-state index in [0.29, 0.717) is 18.8 Å². The fraction of sp³-hybridized carbons (Fsp3) is 0.529. The molecular formula is C17H24N2O3S. The second-order valence-electron chi connectivity index (χ2n) is 5.97. The molecule has 0 aliphatic carbocycles. The number of amides is 2. The van der Waals surface area contributed by atoms with Crippen LogP contribution in [-0.2, 0) is 14.3 Å². The minimum atomic E-state index is -0.0860. The van der Waals surface area contributed by atoms with Gasteiger partial charge < -0.3 is 15.0 Å². The van der Waals surface area contributed by atoms with Crippen LogP contribution in [0.2, 0.25) is 0 Å². The van der Waals surface area contributed by atoms with Crippen molar-refractivity contribution in [3.63, 3.8) is 0 Å². The lowest BCUT2D eigenvalue weighted by Gasteiger charge is -2.35. The van der Waals surface area contributed by atoms with Gasteiger partial charge in [0.25, 0.3) is 0 Å². The number of ether oxygens (including phenoxy) is 1. The average Bonchev–Trinajstić information content (AvgIpc) is 2.46. The first-order valence-electron chi connectivity index (χ1n) is 7.81. The molecule has 0 radical (unpaired) electrons. The number of hydrogen-bond donors (Lipinski definition) is 1. The normalized spacial score (nSPS) is 21.1. The van der Waals surface area contributed by atoms with E-state index in [1.807, 2.05) is 49.9 Å². The van der Waals surface area contributed by atoms with Crippen molar-refractivity contribution in [2.45, 2.75) is 33.0 Å². The van der Waals surface area contributed by atoms with Gasteiger partial charge in [-0.15, -0.1) is 11.8 Å². The van der Waals surface area contributed by atoms with Crippen molar-refractivity contribution < 1.29 is 14.3 Å². The first kappa shape index (κ1) is 17.8. The molecule has 126 valence electrons. The summed E-state index contributed by atoms with van der Waals surface area (Å²) < 4.78 is 5.62. The number of hydrogen-bond acceptors (Lipinski definition) is 4. The Balaban J connectivity index is 1.71. The average molecular weight is 336 g/mol. The van der Waals surface area contributed by atoms with Gasteiger partial charge in [0, 0.05) is 18.8 Å². The molecule has 1 aromatic carbocycles. The maximum absolute atomic E-state index is 12.2. The summed E-state index contributed by atoms with van der Waals surface area (Å²) in [5.41, 5.74) is 1.89. The van der Waals surface area contributed by atoms with Crippen LogP contribution in [0.3, 0.4) is 0 Å². The molecule has 1 heterocycles. The van der Waals surface area contributed by atoms with E-state index in [9.17, 15) is 9.59 Å². The summed E-state index contributed by atoms with van der Waals surface area (Å²) in [7, 11) is 0. The molecule has 2 atom stereocenters. The van der Waals surface area contributed by atoms with Crippen LogP contribution >= 0.6 is 11.8 Å². The number of nitrogens with zero attached hydrogens (tertiary/aromatic N) is 1. The number of carbonyl (C=O) groups excluding carboxylic acids is 2. The first-order chi connectivity index (χ1) is 10.9. The Kier molecular flexibility index (Phi) is 6.47. The summed E-state index contributed by atoms with van der Waals surface area (Å²) in [6.45, 7) is 7.17. The maximum Gasteiger partial charge on any atom is 0.234 e. The summed E-state index contributed by atoms with van der Waals surface area (Å²) in [6.07, 6.45) is 0.134. The molecule has 0 spiro atoms. The zero-order chi connectivity index (χ0) is 16.8. The van der Waals surface area contributed by atoms with Gasteiger partial charge >= 0.3 is 0 Å². The fourth-order valence-electron chi connectivity index (χ4n) is 2.62. The van der Waals surface area contributed by atoms with Gasteiger partial charge in [-0.05, 0) is 38.5 Å². The second kappa shape index (κ2) is 8.36. The van der Waals surface area contributed by atoms with Crippen LogP contribution in [0.5, 0.6) is 0 Å². The molecule has 0 aromatic heterocycles. The molecule has 6 heteroatoms. The molecular weight excluding hydrogens is 312 g/mol. The van der Waals surface area contributed by atoms with E-state index in [-0.39, 0.29) is 29.8 Å². The van der Waals surface area contributed by atoms with Gasteiger partial charge in [-0.25, -0.2) is 0 Å². The fourth-order valence-corrected chi connectivity index (χ4v) is 3.34. The number of rotatable bonds is 5. The minimum Gasteiger partial charge on any atom is -0.372 e. The lowest BCUT2D eigenvalue weighted by Crippen LogP contribution is -2.48. The van der Waals surface area contributed by atoms with Crippen LogP contribution in [0.1, 0.15) is 19.4 Å². The van der Waals surface area contributed by atoms with E-state index in [0.717, 1.165) is 11.3 Å². The Morgan fingerprint density at radius 1 is 1.26 bits per heavy atom. The molecule has 1 aromatic rings. The Bertz CT molecular complexity index is 555. The standard InChI is InChI=1S/C17H24N2O3S/c1-12-5-4-6-15(7-12)18-16(20)10-23-11-17(21)19-8-13(2)22-14(3)9-19/h4-7,13-14H,8-11H2,1-3H3,(H,18,20)/t13-,14-/m1/s1. The van der Waals surface area contributed by atoms with Gasteiger partial charge in [-0.2, -0.15) is 0 Å². The Labute approximate surface area is 141 Å². The maximum atomic E-state index is 12.2. The SMILES string of the molecule is Cc1cccc(NC(=O)CSCC(=O)N2C[C@@H](C)O[C@H](C)C2)c1. The summed E-state index contributed by atoms with van der Waals surface area (Å²) in [5, 5.41) is 2.85. The molecule has 2 rings (SSSR count). The Morgan fingerprint density at radius 3 is 2.61 bits per heavy atom. The molecule has 1 fully saturated rings. The van der Waals surface area contributed by atoms with Crippen LogP contribution in [0.4, 0.5) is 5.69 Å². The smallest absolute Gasteiger partial charge is 0.234 e. The second-order valence-corrected chi connectivity index (χ2v) is 6.95. The summed E-state index contributed by atoms with van der Waals surface area (Å²) in [4.78, 5) is 25.9. The topological polar surface area (TPSA) is 58.6 Å². The number of nitrogens with one attached hydrogen (secondary N) is 1. The van der Waals surface area contributed by atoms with Crippen molar-refractivity contribution >= 4 is 29.3 Å². The predicted molar refractivity (Wildman–Crippen MR) is 93.7 cm³/mol. The van der Waals surface area contributed by atoms with Crippen molar-refractivity contribution in [2.24, 2.45) is 0 Å². The third-order valence-corrected chi connectivity index (χ3v) is 4.45. The number of morpholine rings is 1. The van der Waals surface area contributed by atoms with E-state index < -0.39 is 0 Å². The van der Waals surface area contributed by atoms with Gasteiger partial charge in [-0.1, -0.05) is 12.1 Å². The molecule has 1 aliphatic heterocycles. The highest BCUT2D eigenvalue weighted by Crippen LogP contribution is 2.14. The molecule has 23 heavy (non-hydrogen) atoms. The first-order valence-corrected chi connectivity index (χ1v) is 8.97. The van der Waals surface area contributed by atoms with E-state index in [1.165, 1.54) is 11.8 Å². The predicted octanol–water partition coefficient (Wildman–Crippen LogP) is 2.30. The van der Waals surface area contributed by atoms with E-state index in [2.05, 4.69) is 5.32 Å². The molecule has 0 unspecified atom stereocenters. The van der Waals surface area contributed by atoms with Gasteiger partial charge in [0.2, 0.25) is 11.8 Å². The lowest BCUT2D eigenvalue weighted by molar-refractivity contribution is -0.140. The van der Waals surface area contributed by atoms with Crippen LogP contribution in [-0.4, -0.2) is 53.5 Å². The van der Waals surface area contributed by atoms with Crippen LogP contribution in [0.15, 0.2) is 24.3 Å². The summed E-state index contributed by atoms with van der Waals surface area (Å²) in [5.74, 6) is 0.577. The highest BCUT2D eigenvalue weighted by atomic mass is 32.2. The summed E-state index contributed by atoms with van der Waals surface area (Å²) in [6, 6.07) is 7.66. The largest absolute Gasteiger partial charge is 0.372 e. The molecule has 1 N–H and O–H groups in total. The summed E-state index contributed by atoms with van der Waals surface area (Å²) >= 11 is 1.34. The number of anilines is 1. The van der Waals surface area contributed by atoms with E-state index >= 15 is 0 Å². The lowest BCUT2D eigenvalue weighted by atomic mass is 10.2. The monoisotopic (exact) mass is 336 g/mol. The van der Waals surface area contributed by atoms with Crippen LogP contribution < -0.4 is 5.32 Å². The zero-order valence-electron chi connectivity index (χ0n) is 13.9. The molecule has 0 bridgehead atoms. The van der Waals surface area contributed by atoms with Gasteiger partial charge in [0.1, 0.15) is 0 Å². The highest BCUT2D eigenvalue weighted by Gasteiger charge is 2.25. The van der Waals surface area contributed by atoms with Crippen LogP contribution in [0.25, 0.3) is 0 Å². The molecule has 1 saturated heterocycles. The quantitative estimate of drug-likeness (QED) is 0.896. The van der Waals surface area contributed by atoms with Crippen molar-refractivity contribution in [1.82, 2.24) is 4.90 Å². The molecule has 5 nitrogen and oxygen atoms in total. The number of thioether (sulfide) groups is 1. The van der Waals surface area contributed by atoms with Crippen molar-refractivity contribution in [1.29, 1.82) is 0 Å². The highest BCUT2D eigenvalue weighted by molar-refractivity contribution is 8.00. The molecule has 1 aliphatic rings.